The average molecular weight is 384 g/mol. The molecule has 1 N–H and O–H groups in total. The van der Waals surface area contributed by atoms with E-state index in [0.717, 1.165) is 28.2 Å². The molecule has 0 aliphatic rings. The molecule has 5 nitrogen and oxygen atoms in total. The second kappa shape index (κ2) is 7.92. The summed E-state index contributed by atoms with van der Waals surface area (Å²) in [5.74, 6) is 0.308. The first kappa shape index (κ1) is 19.1. The Balaban J connectivity index is 1.76. The molecular weight excluding hydrogens is 363 g/mol. The van der Waals surface area contributed by atoms with Crippen LogP contribution in [0, 0.1) is 33.5 Å². The molecule has 1 heterocycles. The van der Waals surface area contributed by atoms with Gasteiger partial charge >= 0.3 is 0 Å². The van der Waals surface area contributed by atoms with Gasteiger partial charge in [-0.15, -0.1) is 10.2 Å². The Bertz CT molecular complexity index is 1000. The smallest absolute Gasteiger partial charge is 0.234 e. The van der Waals surface area contributed by atoms with Crippen molar-refractivity contribution >= 4 is 23.4 Å². The molecule has 0 fully saturated rings. The summed E-state index contributed by atoms with van der Waals surface area (Å²) in [6, 6.07) is 10.5. The van der Waals surface area contributed by atoms with Gasteiger partial charge in [-0.2, -0.15) is 0 Å². The van der Waals surface area contributed by atoms with E-state index < -0.39 is 0 Å². The summed E-state index contributed by atoms with van der Waals surface area (Å²) < 4.78 is 15.3. The summed E-state index contributed by atoms with van der Waals surface area (Å²) in [7, 11) is 0. The summed E-state index contributed by atoms with van der Waals surface area (Å²) in [4.78, 5) is 12.3. The van der Waals surface area contributed by atoms with E-state index in [9.17, 15) is 9.18 Å². The van der Waals surface area contributed by atoms with Crippen molar-refractivity contribution in [2.24, 2.45) is 0 Å². The fraction of sp³-hybridized carbons (Fsp3) is 0.250. The van der Waals surface area contributed by atoms with Gasteiger partial charge < -0.3 is 5.32 Å². The highest BCUT2D eigenvalue weighted by Crippen LogP contribution is 2.25. The molecule has 0 bridgehead atoms. The number of amides is 1. The summed E-state index contributed by atoms with van der Waals surface area (Å²) in [5, 5.41) is 11.8. The molecule has 0 aliphatic heterocycles. The highest BCUT2D eigenvalue weighted by molar-refractivity contribution is 7.99. The number of aromatic nitrogens is 3. The number of benzene rings is 2. The van der Waals surface area contributed by atoms with Crippen molar-refractivity contribution in [1.82, 2.24) is 14.8 Å². The Morgan fingerprint density at radius 2 is 1.81 bits per heavy atom. The summed E-state index contributed by atoms with van der Waals surface area (Å²) in [5.41, 5.74) is 4.53. The molecule has 3 rings (SSSR count). The first-order chi connectivity index (χ1) is 12.8. The number of aryl methyl sites for hydroxylation is 4. The number of anilines is 1. The van der Waals surface area contributed by atoms with Gasteiger partial charge in [0.15, 0.2) is 5.16 Å². The Morgan fingerprint density at radius 1 is 1.07 bits per heavy atom. The highest BCUT2D eigenvalue weighted by Gasteiger charge is 2.15. The van der Waals surface area contributed by atoms with Crippen LogP contribution in [0.2, 0.25) is 0 Å². The van der Waals surface area contributed by atoms with Gasteiger partial charge in [-0.3, -0.25) is 9.36 Å². The maximum absolute atomic E-state index is 13.4. The van der Waals surface area contributed by atoms with Crippen LogP contribution in [0.15, 0.2) is 41.6 Å². The van der Waals surface area contributed by atoms with E-state index in [1.165, 1.54) is 23.9 Å². The number of nitrogens with one attached hydrogen (secondary N) is 1. The molecule has 1 aromatic heterocycles. The fourth-order valence-electron chi connectivity index (χ4n) is 2.72. The Kier molecular flexibility index (Phi) is 5.60. The molecular formula is C20H21FN4OS. The van der Waals surface area contributed by atoms with Crippen LogP contribution >= 0.6 is 11.8 Å². The molecule has 0 unspecified atom stereocenters. The molecule has 0 radical (unpaired) electrons. The van der Waals surface area contributed by atoms with Crippen molar-refractivity contribution in [3.63, 3.8) is 0 Å². The van der Waals surface area contributed by atoms with Crippen LogP contribution in [0.3, 0.4) is 0 Å². The second-order valence-corrected chi connectivity index (χ2v) is 7.39. The summed E-state index contributed by atoms with van der Waals surface area (Å²) in [6.45, 7) is 7.77. The molecule has 0 aliphatic carbocycles. The van der Waals surface area contributed by atoms with Gasteiger partial charge in [0.05, 0.1) is 11.4 Å². The number of nitrogens with zero attached hydrogens (tertiary/aromatic N) is 3. The van der Waals surface area contributed by atoms with E-state index in [1.807, 2.05) is 32.3 Å². The largest absolute Gasteiger partial charge is 0.325 e. The first-order valence-corrected chi connectivity index (χ1v) is 9.52. The van der Waals surface area contributed by atoms with Crippen LogP contribution in [0.4, 0.5) is 10.1 Å². The number of hydrogen-bond acceptors (Lipinski definition) is 4. The summed E-state index contributed by atoms with van der Waals surface area (Å²) in [6.07, 6.45) is 0. The predicted octanol–water partition coefficient (Wildman–Crippen LogP) is 4.37. The van der Waals surface area contributed by atoms with Crippen LogP contribution in [0.1, 0.15) is 22.5 Å². The number of hydrogen-bond donors (Lipinski definition) is 1. The number of carbonyl (C=O) groups is 1. The van der Waals surface area contributed by atoms with Crippen LogP contribution in [-0.2, 0) is 4.79 Å². The van der Waals surface area contributed by atoms with E-state index in [1.54, 1.807) is 6.07 Å². The van der Waals surface area contributed by atoms with Crippen molar-refractivity contribution in [3.05, 3.63) is 64.7 Å². The second-order valence-electron chi connectivity index (χ2n) is 6.45. The van der Waals surface area contributed by atoms with Crippen LogP contribution < -0.4 is 5.32 Å². The zero-order valence-corrected chi connectivity index (χ0v) is 16.5. The number of carbonyl (C=O) groups excluding carboxylic acids is 1. The van der Waals surface area contributed by atoms with E-state index in [0.29, 0.717) is 10.8 Å². The zero-order chi connectivity index (χ0) is 19.6. The van der Waals surface area contributed by atoms with Crippen LogP contribution in [0.25, 0.3) is 5.69 Å². The van der Waals surface area contributed by atoms with Gasteiger partial charge in [-0.05, 0) is 62.6 Å². The van der Waals surface area contributed by atoms with Gasteiger partial charge in [-0.25, -0.2) is 4.39 Å². The topological polar surface area (TPSA) is 59.8 Å². The molecule has 140 valence electrons. The molecule has 0 saturated heterocycles. The third kappa shape index (κ3) is 4.36. The lowest BCUT2D eigenvalue weighted by molar-refractivity contribution is -0.113. The minimum absolute atomic E-state index is 0.152. The SMILES string of the molecule is Cc1ccc(C)c(-n2c(C)nnc2SCC(=O)Nc2cc(F)ccc2C)c1. The van der Waals surface area contributed by atoms with Crippen molar-refractivity contribution in [2.75, 3.05) is 11.1 Å². The Hall–Kier alpha value is -2.67. The van der Waals surface area contributed by atoms with Crippen LogP contribution in [-0.4, -0.2) is 26.4 Å². The fourth-order valence-corrected chi connectivity index (χ4v) is 3.51. The number of halogens is 1. The minimum Gasteiger partial charge on any atom is -0.325 e. The first-order valence-electron chi connectivity index (χ1n) is 8.53. The monoisotopic (exact) mass is 384 g/mol. The molecule has 27 heavy (non-hydrogen) atoms. The van der Waals surface area contributed by atoms with Gasteiger partial charge in [0, 0.05) is 5.69 Å². The van der Waals surface area contributed by atoms with Crippen molar-refractivity contribution in [3.8, 4) is 5.69 Å². The van der Waals surface area contributed by atoms with Crippen molar-refractivity contribution in [1.29, 1.82) is 0 Å². The molecule has 3 aromatic rings. The molecule has 0 spiro atoms. The Morgan fingerprint density at radius 3 is 2.59 bits per heavy atom. The maximum Gasteiger partial charge on any atom is 0.234 e. The lowest BCUT2D eigenvalue weighted by Gasteiger charge is -2.12. The van der Waals surface area contributed by atoms with Crippen molar-refractivity contribution < 1.29 is 9.18 Å². The molecule has 7 heteroatoms. The van der Waals surface area contributed by atoms with Gasteiger partial charge in [-0.1, -0.05) is 30.0 Å². The maximum atomic E-state index is 13.4. The van der Waals surface area contributed by atoms with E-state index in [2.05, 4.69) is 33.7 Å². The molecule has 0 atom stereocenters. The number of thioether (sulfide) groups is 1. The zero-order valence-electron chi connectivity index (χ0n) is 15.7. The lowest BCUT2D eigenvalue weighted by atomic mass is 10.1. The van der Waals surface area contributed by atoms with Crippen molar-refractivity contribution in [2.45, 2.75) is 32.9 Å². The van der Waals surface area contributed by atoms with E-state index >= 15 is 0 Å². The summed E-state index contributed by atoms with van der Waals surface area (Å²) >= 11 is 1.30. The number of rotatable bonds is 5. The van der Waals surface area contributed by atoms with Gasteiger partial charge in [0.25, 0.3) is 0 Å². The predicted molar refractivity (Wildman–Crippen MR) is 106 cm³/mol. The van der Waals surface area contributed by atoms with Crippen LogP contribution in [0.5, 0.6) is 0 Å². The third-order valence-corrected chi connectivity index (χ3v) is 5.14. The van der Waals surface area contributed by atoms with Gasteiger partial charge in [0.1, 0.15) is 11.6 Å². The average Bonchev–Trinajstić information content (AvgIpc) is 2.99. The van der Waals surface area contributed by atoms with E-state index in [4.69, 9.17) is 0 Å². The van der Waals surface area contributed by atoms with Gasteiger partial charge in [0.2, 0.25) is 5.91 Å². The minimum atomic E-state index is -0.381. The molecule has 1 amide bonds. The normalized spacial score (nSPS) is 10.9. The standard InChI is InChI=1S/C20H21FN4OS/c1-12-5-6-14(3)18(9-12)25-15(4)23-24-20(25)27-11-19(26)22-17-10-16(21)8-7-13(17)2/h5-10H,11H2,1-4H3,(H,22,26). The lowest BCUT2D eigenvalue weighted by Crippen LogP contribution is -2.15. The highest BCUT2D eigenvalue weighted by atomic mass is 32.2. The van der Waals surface area contributed by atoms with E-state index in [-0.39, 0.29) is 17.5 Å². The quantitative estimate of drug-likeness (QED) is 0.664. The Labute approximate surface area is 162 Å². The molecule has 0 saturated carbocycles. The molecule has 2 aromatic carbocycles. The third-order valence-electron chi connectivity index (χ3n) is 4.21.